The number of pyridine rings is 1. The van der Waals surface area contributed by atoms with Gasteiger partial charge in [-0.1, -0.05) is 18.2 Å². The van der Waals surface area contributed by atoms with Gasteiger partial charge in [-0.3, -0.25) is 9.39 Å². The molecule has 0 aliphatic heterocycles. The van der Waals surface area contributed by atoms with Gasteiger partial charge in [0.15, 0.2) is 23.2 Å². The summed E-state index contributed by atoms with van der Waals surface area (Å²) in [7, 11) is 3.63. The lowest BCUT2D eigenvalue weighted by molar-refractivity contribution is 0.270. The highest BCUT2D eigenvalue weighted by molar-refractivity contribution is 14.0. The van der Waals surface area contributed by atoms with Crippen molar-refractivity contribution in [3.63, 3.8) is 0 Å². The molecule has 0 fully saturated rings. The van der Waals surface area contributed by atoms with Gasteiger partial charge >= 0.3 is 0 Å². The second kappa shape index (κ2) is 10.8. The van der Waals surface area contributed by atoms with Crippen LogP contribution in [0.1, 0.15) is 5.82 Å². The van der Waals surface area contributed by atoms with Crippen molar-refractivity contribution in [2.75, 3.05) is 33.8 Å². The molecule has 150 valence electrons. The smallest absolute Gasteiger partial charge is 0.193 e. The summed E-state index contributed by atoms with van der Waals surface area (Å²) < 4.78 is 21.0. The van der Waals surface area contributed by atoms with Crippen LogP contribution in [-0.2, 0) is 6.42 Å². The molecule has 0 spiro atoms. The van der Waals surface area contributed by atoms with Crippen LogP contribution in [0.15, 0.2) is 53.7 Å². The summed E-state index contributed by atoms with van der Waals surface area (Å²) in [6.07, 6.45) is 2.66. The number of nitrogens with one attached hydrogen (secondary N) is 1. The predicted octanol–water partition coefficient (Wildman–Crippen LogP) is 2.62. The fourth-order valence-corrected chi connectivity index (χ4v) is 2.69. The van der Waals surface area contributed by atoms with Gasteiger partial charge in [0.05, 0.1) is 6.54 Å². The predicted molar refractivity (Wildman–Crippen MR) is 118 cm³/mol. The molecule has 2 aromatic heterocycles. The van der Waals surface area contributed by atoms with Crippen LogP contribution in [0.5, 0.6) is 5.75 Å². The van der Waals surface area contributed by atoms with E-state index in [0.717, 1.165) is 17.4 Å². The quantitative estimate of drug-likeness (QED) is 0.308. The van der Waals surface area contributed by atoms with Crippen LogP contribution in [0.25, 0.3) is 5.65 Å². The van der Waals surface area contributed by atoms with E-state index in [1.54, 1.807) is 25.2 Å². The fraction of sp³-hybridized carbons (Fsp3) is 0.316. The molecule has 28 heavy (non-hydrogen) atoms. The van der Waals surface area contributed by atoms with Crippen molar-refractivity contribution in [1.29, 1.82) is 0 Å². The summed E-state index contributed by atoms with van der Waals surface area (Å²) in [6, 6.07) is 12.2. The van der Waals surface area contributed by atoms with Crippen LogP contribution in [-0.4, -0.2) is 59.2 Å². The highest BCUT2D eigenvalue weighted by Crippen LogP contribution is 2.14. The number of guanidine groups is 1. The third kappa shape index (κ3) is 5.54. The second-order valence-electron chi connectivity index (χ2n) is 5.97. The summed E-state index contributed by atoms with van der Waals surface area (Å²) in [5, 5.41) is 11.7. The number of aromatic nitrogens is 3. The van der Waals surface area contributed by atoms with Crippen LogP contribution in [0.3, 0.4) is 0 Å². The van der Waals surface area contributed by atoms with E-state index in [0.29, 0.717) is 26.1 Å². The summed E-state index contributed by atoms with van der Waals surface area (Å²) in [4.78, 5) is 6.20. The molecule has 3 aromatic rings. The zero-order valence-electron chi connectivity index (χ0n) is 15.9. The fourth-order valence-electron chi connectivity index (χ4n) is 2.69. The van der Waals surface area contributed by atoms with Crippen molar-refractivity contribution in [2.24, 2.45) is 4.99 Å². The standard InChI is InChI=1S/C19H23FN6O.HI/c1-21-19(25(2)13-14-27-16-8-4-3-7-15(16)20)22-11-10-18-24-23-17-9-5-6-12-26(17)18;/h3-9,12H,10-11,13-14H2,1-2H3,(H,21,22);1H. The molecule has 0 saturated heterocycles. The average molecular weight is 498 g/mol. The molecule has 0 amide bonds. The zero-order chi connectivity index (χ0) is 19.1. The highest BCUT2D eigenvalue weighted by atomic mass is 127. The van der Waals surface area contributed by atoms with Gasteiger partial charge in [-0.2, -0.15) is 0 Å². The topological polar surface area (TPSA) is 67.0 Å². The van der Waals surface area contributed by atoms with E-state index in [9.17, 15) is 4.39 Å². The van der Waals surface area contributed by atoms with Crippen molar-refractivity contribution in [1.82, 2.24) is 24.8 Å². The highest BCUT2D eigenvalue weighted by Gasteiger charge is 2.09. The molecule has 1 aromatic carbocycles. The minimum absolute atomic E-state index is 0. The lowest BCUT2D eigenvalue weighted by atomic mass is 10.3. The van der Waals surface area contributed by atoms with Crippen molar-refractivity contribution in [3.8, 4) is 5.75 Å². The lowest BCUT2D eigenvalue weighted by Crippen LogP contribution is -2.41. The second-order valence-corrected chi connectivity index (χ2v) is 5.97. The molecule has 0 radical (unpaired) electrons. The largest absolute Gasteiger partial charge is 0.489 e. The summed E-state index contributed by atoms with van der Waals surface area (Å²) in [5.41, 5.74) is 0.833. The van der Waals surface area contributed by atoms with E-state index in [1.807, 2.05) is 40.7 Å². The van der Waals surface area contributed by atoms with E-state index in [1.165, 1.54) is 6.07 Å². The molecule has 1 N–H and O–H groups in total. The molecular weight excluding hydrogens is 474 g/mol. The number of benzene rings is 1. The van der Waals surface area contributed by atoms with Crippen molar-refractivity contribution < 1.29 is 9.13 Å². The number of fused-ring (bicyclic) bond motifs is 1. The molecule has 3 rings (SSSR count). The number of hydrogen-bond donors (Lipinski definition) is 1. The van der Waals surface area contributed by atoms with Gasteiger partial charge in [-0.15, -0.1) is 34.2 Å². The Bertz CT molecular complexity index is 916. The van der Waals surface area contributed by atoms with Crippen molar-refractivity contribution >= 4 is 35.6 Å². The summed E-state index contributed by atoms with van der Waals surface area (Å²) in [5.74, 6) is 1.52. The number of para-hydroxylation sites is 1. The Hall–Kier alpha value is -2.43. The molecule has 0 atom stereocenters. The molecule has 0 saturated carbocycles. The van der Waals surface area contributed by atoms with Crippen LogP contribution in [0.4, 0.5) is 4.39 Å². The first-order chi connectivity index (χ1) is 13.2. The third-order valence-corrected chi connectivity index (χ3v) is 4.11. The number of ether oxygens (including phenoxy) is 1. The van der Waals surface area contributed by atoms with Gasteiger partial charge < -0.3 is 15.0 Å². The van der Waals surface area contributed by atoms with Gasteiger partial charge in [0.1, 0.15) is 12.4 Å². The van der Waals surface area contributed by atoms with Crippen LogP contribution in [0, 0.1) is 5.82 Å². The van der Waals surface area contributed by atoms with Crippen molar-refractivity contribution in [3.05, 3.63) is 60.3 Å². The Kier molecular flexibility index (Phi) is 8.42. The molecule has 0 aliphatic carbocycles. The Morgan fingerprint density at radius 3 is 2.79 bits per heavy atom. The minimum Gasteiger partial charge on any atom is -0.489 e. The maximum absolute atomic E-state index is 13.6. The van der Waals surface area contributed by atoms with E-state index >= 15 is 0 Å². The first kappa shape index (κ1) is 21.9. The van der Waals surface area contributed by atoms with Gasteiger partial charge in [-0.25, -0.2) is 4.39 Å². The SMILES string of the molecule is CN=C(NCCc1nnc2ccccn12)N(C)CCOc1ccccc1F.I. The lowest BCUT2D eigenvalue weighted by Gasteiger charge is -2.22. The monoisotopic (exact) mass is 498 g/mol. The van der Waals surface area contributed by atoms with Crippen LogP contribution >= 0.6 is 24.0 Å². The number of likely N-dealkylation sites (N-methyl/N-ethyl adjacent to an activating group) is 1. The molecule has 0 unspecified atom stereocenters. The maximum atomic E-state index is 13.6. The Morgan fingerprint density at radius 1 is 1.21 bits per heavy atom. The van der Waals surface area contributed by atoms with E-state index in [-0.39, 0.29) is 35.5 Å². The van der Waals surface area contributed by atoms with Gasteiger partial charge in [0.2, 0.25) is 0 Å². The van der Waals surface area contributed by atoms with Gasteiger partial charge in [0, 0.05) is 33.3 Å². The number of aliphatic imine (C=N–C) groups is 1. The number of hydrogen-bond acceptors (Lipinski definition) is 4. The number of halogens is 2. The number of nitrogens with zero attached hydrogens (tertiary/aromatic N) is 5. The molecular formula is C19H24FIN6O. The Morgan fingerprint density at radius 2 is 2.00 bits per heavy atom. The molecule has 9 heteroatoms. The Labute approximate surface area is 180 Å². The average Bonchev–Trinajstić information content (AvgIpc) is 3.10. The summed E-state index contributed by atoms with van der Waals surface area (Å²) >= 11 is 0. The van der Waals surface area contributed by atoms with Crippen LogP contribution < -0.4 is 10.1 Å². The van der Waals surface area contributed by atoms with E-state index < -0.39 is 0 Å². The first-order valence-electron chi connectivity index (χ1n) is 8.77. The zero-order valence-corrected chi connectivity index (χ0v) is 18.2. The normalized spacial score (nSPS) is 11.2. The maximum Gasteiger partial charge on any atom is 0.193 e. The van der Waals surface area contributed by atoms with Gasteiger partial charge in [0.25, 0.3) is 0 Å². The van der Waals surface area contributed by atoms with E-state index in [2.05, 4.69) is 20.5 Å². The Balaban J connectivity index is 0.00000280. The summed E-state index contributed by atoms with van der Waals surface area (Å²) in [6.45, 7) is 1.59. The first-order valence-corrected chi connectivity index (χ1v) is 8.77. The van der Waals surface area contributed by atoms with Crippen LogP contribution in [0.2, 0.25) is 0 Å². The molecule has 0 aliphatic rings. The minimum atomic E-state index is -0.358. The molecule has 0 bridgehead atoms. The molecule has 7 nitrogen and oxygen atoms in total. The third-order valence-electron chi connectivity index (χ3n) is 4.11. The van der Waals surface area contributed by atoms with E-state index in [4.69, 9.17) is 4.74 Å². The number of rotatable bonds is 7. The van der Waals surface area contributed by atoms with Gasteiger partial charge in [-0.05, 0) is 24.3 Å². The molecule has 2 heterocycles. The van der Waals surface area contributed by atoms with Crippen molar-refractivity contribution in [2.45, 2.75) is 6.42 Å².